The Morgan fingerprint density at radius 3 is 2.80 bits per heavy atom. The second kappa shape index (κ2) is 9.40. The summed E-state index contributed by atoms with van der Waals surface area (Å²) in [5.41, 5.74) is 2.80. The highest BCUT2D eigenvalue weighted by Crippen LogP contribution is 2.29. The van der Waals surface area contributed by atoms with Crippen LogP contribution in [0.1, 0.15) is 25.3 Å². The monoisotopic (exact) mass is 423 g/mol. The Morgan fingerprint density at radius 2 is 2.07 bits per heavy atom. The first-order valence-electron chi connectivity index (χ1n) is 10.1. The second-order valence-corrected chi connectivity index (χ2v) is 8.66. The molecule has 156 valence electrons. The molecule has 1 aliphatic heterocycles. The van der Waals surface area contributed by atoms with Crippen molar-refractivity contribution in [2.75, 3.05) is 11.9 Å². The van der Waals surface area contributed by atoms with Crippen molar-refractivity contribution < 1.29 is 9.53 Å². The maximum atomic E-state index is 12.8. The lowest BCUT2D eigenvalue weighted by atomic mass is 10.2. The number of hydrogen-bond acceptors (Lipinski definition) is 6. The Kier molecular flexibility index (Phi) is 6.44. The van der Waals surface area contributed by atoms with Crippen LogP contribution in [0.15, 0.2) is 53.9 Å². The van der Waals surface area contributed by atoms with Crippen LogP contribution in [0.25, 0.3) is 11.4 Å². The van der Waals surface area contributed by atoms with Crippen molar-refractivity contribution >= 4 is 23.4 Å². The van der Waals surface area contributed by atoms with E-state index in [9.17, 15) is 4.79 Å². The molecule has 1 saturated heterocycles. The van der Waals surface area contributed by atoms with Gasteiger partial charge in [-0.15, -0.1) is 10.2 Å². The average molecular weight is 424 g/mol. The number of thioether (sulfide) groups is 1. The summed E-state index contributed by atoms with van der Waals surface area (Å²) in [6, 6.07) is 11.6. The molecule has 7 nitrogen and oxygen atoms in total. The van der Waals surface area contributed by atoms with Crippen LogP contribution in [0.2, 0.25) is 0 Å². The summed E-state index contributed by atoms with van der Waals surface area (Å²) in [6.07, 6.45) is 5.70. The third kappa shape index (κ3) is 4.71. The van der Waals surface area contributed by atoms with Gasteiger partial charge in [-0.1, -0.05) is 30.0 Å². The van der Waals surface area contributed by atoms with Crippen molar-refractivity contribution in [3.8, 4) is 11.4 Å². The topological polar surface area (TPSA) is 81.9 Å². The Labute approximate surface area is 180 Å². The molecule has 0 bridgehead atoms. The van der Waals surface area contributed by atoms with E-state index in [4.69, 9.17) is 4.74 Å². The predicted octanol–water partition coefficient (Wildman–Crippen LogP) is 3.95. The van der Waals surface area contributed by atoms with E-state index in [0.29, 0.717) is 11.7 Å². The van der Waals surface area contributed by atoms with Crippen LogP contribution < -0.4 is 5.32 Å². The maximum Gasteiger partial charge on any atom is 0.237 e. The molecule has 2 atom stereocenters. The highest BCUT2D eigenvalue weighted by atomic mass is 32.2. The quantitative estimate of drug-likeness (QED) is 0.580. The normalized spacial score (nSPS) is 17.1. The molecule has 3 aromatic rings. The smallest absolute Gasteiger partial charge is 0.237 e. The lowest BCUT2D eigenvalue weighted by molar-refractivity contribution is -0.115. The summed E-state index contributed by atoms with van der Waals surface area (Å²) >= 11 is 1.41. The molecule has 3 heterocycles. The van der Waals surface area contributed by atoms with Crippen LogP contribution in [-0.2, 0) is 16.1 Å². The standard InChI is InChI=1S/C22H25N5O2S/c1-15-6-3-4-8-19(15)24-21(28)16(2)30-22-26-25-20(17-9-11-23-12-10-17)27(22)14-18-7-5-13-29-18/h3-4,6,8-12,16,18H,5,7,13-14H2,1-2H3,(H,24,28)/t16-,18-/m1/s1. The number of aromatic nitrogens is 4. The number of carbonyl (C=O) groups excluding carboxylic acids is 1. The number of nitrogens with zero attached hydrogens (tertiary/aromatic N) is 4. The Hall–Kier alpha value is -2.71. The maximum absolute atomic E-state index is 12.8. The van der Waals surface area contributed by atoms with Gasteiger partial charge in [0.2, 0.25) is 5.91 Å². The number of rotatable bonds is 7. The van der Waals surface area contributed by atoms with Gasteiger partial charge in [0.1, 0.15) is 0 Å². The zero-order chi connectivity index (χ0) is 20.9. The molecular formula is C22H25N5O2S. The third-order valence-electron chi connectivity index (χ3n) is 5.12. The highest BCUT2D eigenvalue weighted by molar-refractivity contribution is 8.00. The van der Waals surface area contributed by atoms with E-state index in [0.717, 1.165) is 42.1 Å². The molecule has 30 heavy (non-hydrogen) atoms. The summed E-state index contributed by atoms with van der Waals surface area (Å²) in [4.78, 5) is 16.9. The van der Waals surface area contributed by atoms with Gasteiger partial charge in [-0.25, -0.2) is 0 Å². The van der Waals surface area contributed by atoms with E-state index in [2.05, 4.69) is 25.1 Å². The van der Waals surface area contributed by atoms with Gasteiger partial charge in [-0.2, -0.15) is 0 Å². The number of nitrogens with one attached hydrogen (secondary N) is 1. The van der Waals surface area contributed by atoms with Crippen LogP contribution in [0, 0.1) is 6.92 Å². The Balaban J connectivity index is 1.54. The Morgan fingerprint density at radius 1 is 1.27 bits per heavy atom. The van der Waals surface area contributed by atoms with E-state index < -0.39 is 0 Å². The predicted molar refractivity (Wildman–Crippen MR) is 117 cm³/mol. The molecule has 0 aliphatic carbocycles. The first-order valence-corrected chi connectivity index (χ1v) is 11.0. The third-order valence-corrected chi connectivity index (χ3v) is 6.20. The minimum Gasteiger partial charge on any atom is -0.376 e. The van der Waals surface area contributed by atoms with Gasteiger partial charge in [0, 0.05) is 30.3 Å². The Bertz CT molecular complexity index is 1000. The van der Waals surface area contributed by atoms with Gasteiger partial charge >= 0.3 is 0 Å². The zero-order valence-electron chi connectivity index (χ0n) is 17.1. The number of ether oxygens (including phenoxy) is 1. The van der Waals surface area contributed by atoms with Gasteiger partial charge < -0.3 is 10.1 Å². The molecule has 1 N–H and O–H groups in total. The van der Waals surface area contributed by atoms with Crippen molar-refractivity contribution in [2.24, 2.45) is 0 Å². The van der Waals surface area contributed by atoms with E-state index in [1.165, 1.54) is 11.8 Å². The van der Waals surface area contributed by atoms with Crippen LogP contribution in [0.4, 0.5) is 5.69 Å². The first-order chi connectivity index (χ1) is 14.6. The van der Waals surface area contributed by atoms with E-state index in [1.54, 1.807) is 12.4 Å². The van der Waals surface area contributed by atoms with Crippen molar-refractivity contribution in [2.45, 2.75) is 49.7 Å². The fourth-order valence-corrected chi connectivity index (χ4v) is 4.26. The molecule has 1 aromatic carbocycles. The van der Waals surface area contributed by atoms with Gasteiger partial charge in [0.05, 0.1) is 17.9 Å². The van der Waals surface area contributed by atoms with E-state index >= 15 is 0 Å². The van der Waals surface area contributed by atoms with Crippen LogP contribution in [0.5, 0.6) is 0 Å². The minimum atomic E-state index is -0.331. The van der Waals surface area contributed by atoms with E-state index in [-0.39, 0.29) is 17.3 Å². The lowest BCUT2D eigenvalue weighted by Crippen LogP contribution is -2.24. The summed E-state index contributed by atoms with van der Waals surface area (Å²) in [6.45, 7) is 5.32. The molecule has 0 radical (unpaired) electrons. The first kappa shape index (κ1) is 20.6. The van der Waals surface area contributed by atoms with E-state index in [1.807, 2.05) is 50.2 Å². The van der Waals surface area contributed by atoms with Crippen LogP contribution in [0.3, 0.4) is 0 Å². The number of para-hydroxylation sites is 1. The number of carbonyl (C=O) groups is 1. The molecule has 2 aromatic heterocycles. The number of amides is 1. The van der Waals surface area contributed by atoms with Crippen molar-refractivity contribution in [3.63, 3.8) is 0 Å². The highest BCUT2D eigenvalue weighted by Gasteiger charge is 2.24. The molecule has 8 heteroatoms. The molecule has 0 saturated carbocycles. The fourth-order valence-electron chi connectivity index (χ4n) is 3.41. The SMILES string of the molecule is Cc1ccccc1NC(=O)[C@@H](C)Sc1nnc(-c2ccncc2)n1C[C@H]1CCCO1. The molecule has 0 spiro atoms. The number of pyridine rings is 1. The molecule has 0 unspecified atom stereocenters. The van der Waals surface area contributed by atoms with Gasteiger partial charge in [-0.3, -0.25) is 14.3 Å². The number of hydrogen-bond donors (Lipinski definition) is 1. The number of anilines is 1. The van der Waals surface area contributed by atoms with Gasteiger partial charge in [0.25, 0.3) is 0 Å². The number of benzene rings is 1. The number of aryl methyl sites for hydroxylation is 1. The lowest BCUT2D eigenvalue weighted by Gasteiger charge is -2.17. The van der Waals surface area contributed by atoms with Crippen molar-refractivity contribution in [1.29, 1.82) is 0 Å². The van der Waals surface area contributed by atoms with Crippen LogP contribution >= 0.6 is 11.8 Å². The van der Waals surface area contributed by atoms with Crippen LogP contribution in [-0.4, -0.2) is 43.6 Å². The van der Waals surface area contributed by atoms with Crippen molar-refractivity contribution in [1.82, 2.24) is 19.7 Å². The summed E-state index contributed by atoms with van der Waals surface area (Å²) in [5, 5.41) is 12.2. The van der Waals surface area contributed by atoms with Gasteiger partial charge in [-0.05, 0) is 50.5 Å². The molecule has 1 fully saturated rings. The summed E-state index contributed by atoms with van der Waals surface area (Å²) < 4.78 is 7.90. The average Bonchev–Trinajstić information content (AvgIpc) is 3.41. The summed E-state index contributed by atoms with van der Waals surface area (Å²) in [7, 11) is 0. The fraction of sp³-hybridized carbons (Fsp3) is 0.364. The largest absolute Gasteiger partial charge is 0.376 e. The summed E-state index contributed by atoms with van der Waals surface area (Å²) in [5.74, 6) is 0.702. The molecule has 1 aliphatic rings. The molecular weight excluding hydrogens is 398 g/mol. The van der Waals surface area contributed by atoms with Crippen molar-refractivity contribution in [3.05, 3.63) is 54.4 Å². The molecule has 1 amide bonds. The second-order valence-electron chi connectivity index (χ2n) is 7.35. The molecule has 4 rings (SSSR count). The van der Waals surface area contributed by atoms with Gasteiger partial charge in [0.15, 0.2) is 11.0 Å². The minimum absolute atomic E-state index is 0.0635. The zero-order valence-corrected chi connectivity index (χ0v) is 17.9.